The minimum Gasteiger partial charge on any atom is -0.342 e. The van der Waals surface area contributed by atoms with Gasteiger partial charge in [0.05, 0.1) is 4.90 Å². The molecule has 0 unspecified atom stereocenters. The highest BCUT2D eigenvalue weighted by molar-refractivity contribution is 7.89. The van der Waals surface area contributed by atoms with E-state index in [0.29, 0.717) is 38.9 Å². The van der Waals surface area contributed by atoms with Crippen molar-refractivity contribution in [3.05, 3.63) is 59.9 Å². The zero-order chi connectivity index (χ0) is 21.6. The fourth-order valence-corrected chi connectivity index (χ4v) is 4.99. The predicted octanol–water partition coefficient (Wildman–Crippen LogP) is 2.07. The molecule has 1 aliphatic heterocycles. The number of benzene rings is 1. The summed E-state index contributed by atoms with van der Waals surface area (Å²) in [5.41, 5.74) is 1.82. The van der Waals surface area contributed by atoms with Crippen molar-refractivity contribution in [2.75, 3.05) is 26.2 Å². The number of aryl methyl sites for hydroxylation is 1. The van der Waals surface area contributed by atoms with Gasteiger partial charge >= 0.3 is 0 Å². The largest absolute Gasteiger partial charge is 0.342 e. The highest BCUT2D eigenvalue weighted by atomic mass is 32.2. The van der Waals surface area contributed by atoms with Gasteiger partial charge < -0.3 is 4.90 Å². The number of hydrogen-bond donors (Lipinski definition) is 0. The highest BCUT2D eigenvalue weighted by Gasteiger charge is 2.27. The first kappa shape index (κ1) is 22.1. The summed E-state index contributed by atoms with van der Waals surface area (Å²) in [6, 6.07) is 10.3. The normalized spacial score (nSPS) is 15.6. The third-order valence-corrected chi connectivity index (χ3v) is 7.19. The van der Waals surface area contributed by atoms with Gasteiger partial charge in [-0.25, -0.2) is 8.42 Å². The molecule has 1 saturated heterocycles. The van der Waals surface area contributed by atoms with E-state index in [2.05, 4.69) is 4.98 Å². The number of nitrogens with zero attached hydrogens (tertiary/aromatic N) is 3. The van der Waals surface area contributed by atoms with E-state index >= 15 is 0 Å². The number of sulfonamides is 1. The van der Waals surface area contributed by atoms with Crippen LogP contribution in [0.15, 0.2) is 53.7 Å². The summed E-state index contributed by atoms with van der Waals surface area (Å²) < 4.78 is 27.4. The predicted molar refractivity (Wildman–Crippen MR) is 113 cm³/mol. The molecule has 2 heterocycles. The summed E-state index contributed by atoms with van der Waals surface area (Å²) in [6.07, 6.45) is 5.41. The molecule has 3 rings (SSSR count). The summed E-state index contributed by atoms with van der Waals surface area (Å²) in [7, 11) is -3.62. The Morgan fingerprint density at radius 3 is 2.43 bits per heavy atom. The maximum absolute atomic E-state index is 13.0. The molecule has 0 radical (unpaired) electrons. The Kier molecular flexibility index (Phi) is 7.33. The first-order chi connectivity index (χ1) is 14.4. The molecule has 0 bridgehead atoms. The second-order valence-corrected chi connectivity index (χ2v) is 9.42. The van der Waals surface area contributed by atoms with Gasteiger partial charge in [-0.05, 0) is 42.2 Å². The molecule has 0 spiro atoms. The molecule has 0 N–H and O–H groups in total. The number of amides is 1. The van der Waals surface area contributed by atoms with Crippen LogP contribution < -0.4 is 0 Å². The molecule has 0 aliphatic carbocycles. The number of carbonyl (C=O) groups is 2. The lowest BCUT2D eigenvalue weighted by Crippen LogP contribution is -2.36. The molecule has 1 aromatic heterocycles. The van der Waals surface area contributed by atoms with Crippen molar-refractivity contribution >= 4 is 21.7 Å². The van der Waals surface area contributed by atoms with Crippen molar-refractivity contribution < 1.29 is 18.0 Å². The Hall–Kier alpha value is -2.58. The van der Waals surface area contributed by atoms with Crippen molar-refractivity contribution in [2.45, 2.75) is 37.5 Å². The molecule has 1 amide bonds. The van der Waals surface area contributed by atoms with Crippen molar-refractivity contribution in [3.8, 4) is 0 Å². The zero-order valence-electron chi connectivity index (χ0n) is 17.2. The molecule has 0 atom stereocenters. The topological polar surface area (TPSA) is 87.7 Å². The van der Waals surface area contributed by atoms with E-state index in [-0.39, 0.29) is 29.6 Å². The number of pyridine rings is 1. The van der Waals surface area contributed by atoms with Gasteiger partial charge in [0.15, 0.2) is 0 Å². The van der Waals surface area contributed by atoms with Gasteiger partial charge in [-0.15, -0.1) is 0 Å². The summed E-state index contributed by atoms with van der Waals surface area (Å²) >= 11 is 0. The lowest BCUT2D eigenvalue weighted by atomic mass is 10.0. The molecule has 1 fully saturated rings. The second kappa shape index (κ2) is 9.95. The van der Waals surface area contributed by atoms with Gasteiger partial charge in [-0.1, -0.05) is 18.2 Å². The Bertz CT molecular complexity index is 975. The molecule has 7 nitrogen and oxygen atoms in total. The van der Waals surface area contributed by atoms with Gasteiger partial charge in [-0.2, -0.15) is 4.31 Å². The van der Waals surface area contributed by atoms with E-state index in [4.69, 9.17) is 0 Å². The van der Waals surface area contributed by atoms with Crippen molar-refractivity contribution in [1.29, 1.82) is 0 Å². The zero-order valence-corrected chi connectivity index (χ0v) is 18.0. The Balaban J connectivity index is 1.58. The molecule has 30 heavy (non-hydrogen) atoms. The van der Waals surface area contributed by atoms with Crippen LogP contribution in [0.1, 0.15) is 30.9 Å². The number of carbonyl (C=O) groups excluding carboxylic acids is 2. The van der Waals surface area contributed by atoms with Crippen molar-refractivity contribution in [3.63, 3.8) is 0 Å². The number of aromatic nitrogens is 1. The van der Waals surface area contributed by atoms with Crippen LogP contribution in [0.4, 0.5) is 0 Å². The van der Waals surface area contributed by atoms with Gasteiger partial charge in [0.1, 0.15) is 5.78 Å². The number of hydrogen-bond acceptors (Lipinski definition) is 5. The second-order valence-electron chi connectivity index (χ2n) is 7.48. The Morgan fingerprint density at radius 2 is 1.77 bits per heavy atom. The first-order valence-corrected chi connectivity index (χ1v) is 11.6. The van der Waals surface area contributed by atoms with E-state index in [1.165, 1.54) is 11.2 Å². The fraction of sp³-hybridized carbons (Fsp3) is 0.409. The lowest BCUT2D eigenvalue weighted by Gasteiger charge is -2.21. The van der Waals surface area contributed by atoms with Crippen LogP contribution in [0, 0.1) is 0 Å². The smallest absolute Gasteiger partial charge is 0.243 e. The highest BCUT2D eigenvalue weighted by Crippen LogP contribution is 2.19. The average Bonchev–Trinajstić information content (AvgIpc) is 3.00. The maximum Gasteiger partial charge on any atom is 0.243 e. The van der Waals surface area contributed by atoms with E-state index in [9.17, 15) is 18.0 Å². The van der Waals surface area contributed by atoms with Crippen LogP contribution >= 0.6 is 0 Å². The standard InChI is InChI=1S/C22H27N3O4S/c1-18(26)24-12-3-13-25(15-14-24)30(28,29)22-9-6-19(7-10-22)16-21(27)8-5-20-4-2-11-23-17-20/h2,4,6-7,9-11,17H,3,5,8,12-16H2,1H3. The maximum atomic E-state index is 13.0. The van der Waals surface area contributed by atoms with Crippen LogP contribution in [-0.2, 0) is 32.5 Å². The Labute approximate surface area is 177 Å². The van der Waals surface area contributed by atoms with E-state index in [1.807, 2.05) is 12.1 Å². The minimum absolute atomic E-state index is 0.0354. The number of Topliss-reactive ketones (excluding diaryl/α,β-unsaturated/α-hetero) is 1. The molecule has 0 saturated carbocycles. The van der Waals surface area contributed by atoms with Crippen LogP contribution in [0.3, 0.4) is 0 Å². The summed E-state index contributed by atoms with van der Waals surface area (Å²) in [4.78, 5) is 29.8. The van der Waals surface area contributed by atoms with Crippen LogP contribution in [0.25, 0.3) is 0 Å². The van der Waals surface area contributed by atoms with Gasteiger partial charge in [0.25, 0.3) is 0 Å². The van der Waals surface area contributed by atoms with Crippen molar-refractivity contribution in [2.24, 2.45) is 0 Å². The van der Waals surface area contributed by atoms with Gasteiger partial charge in [0, 0.05) is 58.3 Å². The fourth-order valence-electron chi connectivity index (χ4n) is 3.52. The number of ketones is 1. The molecule has 2 aromatic rings. The first-order valence-electron chi connectivity index (χ1n) is 10.1. The average molecular weight is 430 g/mol. The minimum atomic E-state index is -3.62. The summed E-state index contributed by atoms with van der Waals surface area (Å²) in [5.74, 6) is 0.0677. The van der Waals surface area contributed by atoms with Crippen LogP contribution in [-0.4, -0.2) is 60.5 Å². The molecule has 8 heteroatoms. The third kappa shape index (κ3) is 5.73. The van der Waals surface area contributed by atoms with E-state index in [0.717, 1.165) is 11.1 Å². The van der Waals surface area contributed by atoms with E-state index < -0.39 is 10.0 Å². The monoisotopic (exact) mass is 429 g/mol. The lowest BCUT2D eigenvalue weighted by molar-refractivity contribution is -0.128. The van der Waals surface area contributed by atoms with Crippen LogP contribution in [0.2, 0.25) is 0 Å². The van der Waals surface area contributed by atoms with Gasteiger partial charge in [-0.3, -0.25) is 14.6 Å². The Morgan fingerprint density at radius 1 is 1.00 bits per heavy atom. The molecular weight excluding hydrogens is 402 g/mol. The van der Waals surface area contributed by atoms with E-state index in [1.54, 1.807) is 41.6 Å². The third-order valence-electron chi connectivity index (χ3n) is 5.28. The molecular formula is C22H27N3O4S. The summed E-state index contributed by atoms with van der Waals surface area (Å²) in [5, 5.41) is 0. The quantitative estimate of drug-likeness (QED) is 0.672. The molecule has 1 aliphatic rings. The van der Waals surface area contributed by atoms with Crippen LogP contribution in [0.5, 0.6) is 0 Å². The van der Waals surface area contributed by atoms with Gasteiger partial charge in [0.2, 0.25) is 15.9 Å². The SMILES string of the molecule is CC(=O)N1CCCN(S(=O)(=O)c2ccc(CC(=O)CCc3cccnc3)cc2)CC1. The van der Waals surface area contributed by atoms with Crippen molar-refractivity contribution in [1.82, 2.24) is 14.2 Å². The number of rotatable bonds is 7. The molecule has 1 aromatic carbocycles. The molecule has 160 valence electrons. The summed E-state index contributed by atoms with van der Waals surface area (Å²) in [6.45, 7) is 3.15.